The summed E-state index contributed by atoms with van der Waals surface area (Å²) in [5.74, 6) is -1.25. The number of sulfonamides is 1. The Hall–Kier alpha value is -3.04. The van der Waals surface area contributed by atoms with Crippen LogP contribution >= 0.6 is 0 Å². The van der Waals surface area contributed by atoms with Crippen LogP contribution in [0, 0.1) is 0 Å². The van der Waals surface area contributed by atoms with Crippen LogP contribution in [-0.4, -0.2) is 37.6 Å². The van der Waals surface area contributed by atoms with Gasteiger partial charge in [0, 0.05) is 18.7 Å². The van der Waals surface area contributed by atoms with Crippen LogP contribution in [-0.2, 0) is 14.8 Å². The number of nitrogens with two attached hydrogens (primary N) is 1. The highest BCUT2D eigenvalue weighted by Gasteiger charge is 2.34. The molecule has 0 aromatic heterocycles. The number of benzene rings is 2. The Balaban J connectivity index is 1.60. The van der Waals surface area contributed by atoms with Gasteiger partial charge in [0.15, 0.2) is 0 Å². The fourth-order valence-corrected chi connectivity index (χ4v) is 3.12. The minimum Gasteiger partial charge on any atom is -0.326 e. The monoisotopic (exact) mass is 373 g/mol. The maximum absolute atomic E-state index is 12.2. The highest BCUT2D eigenvalue weighted by molar-refractivity contribution is 7.89. The summed E-state index contributed by atoms with van der Waals surface area (Å²) < 4.78 is 22.4. The van der Waals surface area contributed by atoms with E-state index in [1.165, 1.54) is 24.3 Å². The van der Waals surface area contributed by atoms with Gasteiger partial charge in [0.05, 0.1) is 16.0 Å². The van der Waals surface area contributed by atoms with Crippen LogP contribution < -0.4 is 10.5 Å². The summed E-state index contributed by atoms with van der Waals surface area (Å²) in [4.78, 5) is 37.4. The zero-order valence-electron chi connectivity index (χ0n) is 13.5. The number of carbonyl (C=O) groups excluding carboxylic acids is 3. The van der Waals surface area contributed by atoms with E-state index in [2.05, 4.69) is 5.32 Å². The summed E-state index contributed by atoms with van der Waals surface area (Å²) in [6, 6.07) is 11.8. The Morgan fingerprint density at radius 3 is 2.00 bits per heavy atom. The molecule has 1 aliphatic heterocycles. The van der Waals surface area contributed by atoms with Crippen LogP contribution in [0.1, 0.15) is 27.1 Å². The average Bonchev–Trinajstić information content (AvgIpc) is 2.84. The maximum atomic E-state index is 12.2. The van der Waals surface area contributed by atoms with Crippen molar-refractivity contribution < 1.29 is 22.8 Å². The normalized spacial score (nSPS) is 13.7. The number of hydrogen-bond donors (Lipinski definition) is 2. The lowest BCUT2D eigenvalue weighted by molar-refractivity contribution is -0.116. The lowest BCUT2D eigenvalue weighted by Crippen LogP contribution is -2.32. The minimum atomic E-state index is -3.80. The van der Waals surface area contributed by atoms with E-state index in [0.29, 0.717) is 16.8 Å². The molecule has 0 radical (unpaired) electrons. The molecular weight excluding hydrogens is 358 g/mol. The molecule has 0 spiro atoms. The summed E-state index contributed by atoms with van der Waals surface area (Å²) in [7, 11) is -3.80. The van der Waals surface area contributed by atoms with E-state index in [1.807, 2.05) is 0 Å². The van der Waals surface area contributed by atoms with Gasteiger partial charge in [0.1, 0.15) is 0 Å². The summed E-state index contributed by atoms with van der Waals surface area (Å²) in [5, 5.41) is 7.57. The summed E-state index contributed by atoms with van der Waals surface area (Å²) in [6.07, 6.45) is -0.0809. The van der Waals surface area contributed by atoms with Crippen molar-refractivity contribution in [3.63, 3.8) is 0 Å². The predicted molar refractivity (Wildman–Crippen MR) is 92.9 cm³/mol. The second-order valence-electron chi connectivity index (χ2n) is 5.68. The highest BCUT2D eigenvalue weighted by Crippen LogP contribution is 2.22. The van der Waals surface area contributed by atoms with E-state index in [1.54, 1.807) is 24.3 Å². The molecule has 3 rings (SSSR count). The van der Waals surface area contributed by atoms with Crippen molar-refractivity contribution >= 4 is 33.4 Å². The van der Waals surface area contributed by atoms with Crippen molar-refractivity contribution in [3.8, 4) is 0 Å². The van der Waals surface area contributed by atoms with Crippen molar-refractivity contribution in [2.75, 3.05) is 11.9 Å². The van der Waals surface area contributed by atoms with Gasteiger partial charge in [-0.3, -0.25) is 19.3 Å². The molecule has 2 aromatic rings. The van der Waals surface area contributed by atoms with E-state index in [9.17, 15) is 22.8 Å². The predicted octanol–water partition coefficient (Wildman–Crippen LogP) is 0.959. The Bertz CT molecular complexity index is 964. The molecule has 0 unspecified atom stereocenters. The van der Waals surface area contributed by atoms with Crippen LogP contribution in [0.25, 0.3) is 0 Å². The molecule has 134 valence electrons. The number of nitrogens with zero attached hydrogens (tertiary/aromatic N) is 1. The maximum Gasteiger partial charge on any atom is 0.261 e. The van der Waals surface area contributed by atoms with Crippen molar-refractivity contribution in [1.29, 1.82) is 0 Å². The molecule has 0 saturated heterocycles. The first-order chi connectivity index (χ1) is 12.3. The van der Waals surface area contributed by atoms with Gasteiger partial charge in [-0.05, 0) is 36.4 Å². The van der Waals surface area contributed by atoms with E-state index in [4.69, 9.17) is 5.14 Å². The van der Waals surface area contributed by atoms with Crippen LogP contribution in [0.15, 0.2) is 53.4 Å². The molecule has 1 heterocycles. The van der Waals surface area contributed by atoms with Crippen molar-refractivity contribution in [2.45, 2.75) is 11.3 Å². The average molecular weight is 373 g/mol. The van der Waals surface area contributed by atoms with Gasteiger partial charge in [-0.25, -0.2) is 13.6 Å². The summed E-state index contributed by atoms with van der Waals surface area (Å²) in [5.41, 5.74) is 1.04. The zero-order valence-corrected chi connectivity index (χ0v) is 14.3. The van der Waals surface area contributed by atoms with Gasteiger partial charge in [-0.2, -0.15) is 0 Å². The second kappa shape index (κ2) is 6.70. The fourth-order valence-electron chi connectivity index (χ4n) is 2.61. The first-order valence-electron chi connectivity index (χ1n) is 7.65. The quantitative estimate of drug-likeness (QED) is 0.755. The first-order valence-corrected chi connectivity index (χ1v) is 9.20. The van der Waals surface area contributed by atoms with Crippen LogP contribution in [0.5, 0.6) is 0 Å². The van der Waals surface area contributed by atoms with E-state index in [-0.39, 0.29) is 17.9 Å². The van der Waals surface area contributed by atoms with Gasteiger partial charge < -0.3 is 5.32 Å². The van der Waals surface area contributed by atoms with Crippen LogP contribution in [0.4, 0.5) is 5.69 Å². The van der Waals surface area contributed by atoms with Gasteiger partial charge in [-0.1, -0.05) is 12.1 Å². The number of rotatable bonds is 5. The van der Waals surface area contributed by atoms with Crippen molar-refractivity contribution in [2.24, 2.45) is 5.14 Å². The molecule has 8 nitrogen and oxygen atoms in total. The minimum absolute atomic E-state index is 0.0482. The molecule has 1 aliphatic rings. The lowest BCUT2D eigenvalue weighted by Gasteiger charge is -2.13. The first kappa shape index (κ1) is 17.8. The standard InChI is InChI=1S/C17H15N3O5S/c18-26(24,25)12-7-5-11(6-8-12)19-15(21)9-10-20-16(22)13-3-1-2-4-14(13)17(20)23/h1-8H,9-10H2,(H,19,21)(H2,18,24,25). The number of hydrogen-bond acceptors (Lipinski definition) is 5. The molecule has 26 heavy (non-hydrogen) atoms. The number of carbonyl (C=O) groups is 3. The fraction of sp³-hybridized carbons (Fsp3) is 0.118. The number of nitrogens with one attached hydrogen (secondary N) is 1. The number of anilines is 1. The molecule has 3 N–H and O–H groups in total. The summed E-state index contributed by atoms with van der Waals surface area (Å²) >= 11 is 0. The van der Waals surface area contributed by atoms with Gasteiger partial charge in [0.25, 0.3) is 11.8 Å². The molecule has 2 aromatic carbocycles. The largest absolute Gasteiger partial charge is 0.326 e. The topological polar surface area (TPSA) is 127 Å². The van der Waals surface area contributed by atoms with Crippen molar-refractivity contribution in [3.05, 3.63) is 59.7 Å². The van der Waals surface area contributed by atoms with E-state index < -0.39 is 27.7 Å². The Morgan fingerprint density at radius 1 is 0.962 bits per heavy atom. The molecule has 0 saturated carbocycles. The molecule has 0 aliphatic carbocycles. The second-order valence-corrected chi connectivity index (χ2v) is 7.24. The number of primary sulfonamides is 1. The number of imide groups is 1. The van der Waals surface area contributed by atoms with E-state index >= 15 is 0 Å². The van der Waals surface area contributed by atoms with Crippen molar-refractivity contribution in [1.82, 2.24) is 4.90 Å². The molecule has 0 bridgehead atoms. The van der Waals surface area contributed by atoms with Gasteiger partial charge in [0.2, 0.25) is 15.9 Å². The van der Waals surface area contributed by atoms with E-state index in [0.717, 1.165) is 4.90 Å². The smallest absolute Gasteiger partial charge is 0.261 e. The molecular formula is C17H15N3O5S. The lowest BCUT2D eigenvalue weighted by atomic mass is 10.1. The Kier molecular flexibility index (Phi) is 4.58. The Morgan fingerprint density at radius 2 is 1.50 bits per heavy atom. The van der Waals surface area contributed by atoms with Gasteiger partial charge >= 0.3 is 0 Å². The molecule has 9 heteroatoms. The SMILES string of the molecule is NS(=O)(=O)c1ccc(NC(=O)CCN2C(=O)c3ccccc3C2=O)cc1. The highest BCUT2D eigenvalue weighted by atomic mass is 32.2. The third-order valence-corrected chi connectivity index (χ3v) is 4.84. The zero-order chi connectivity index (χ0) is 18.9. The molecule has 0 atom stereocenters. The molecule has 0 fully saturated rings. The number of amides is 3. The third kappa shape index (κ3) is 3.48. The number of fused-ring (bicyclic) bond motifs is 1. The van der Waals surface area contributed by atoms with Gasteiger partial charge in [-0.15, -0.1) is 0 Å². The molecule has 3 amide bonds. The van der Waals surface area contributed by atoms with Crippen LogP contribution in [0.2, 0.25) is 0 Å². The Labute approximate surface area is 149 Å². The third-order valence-electron chi connectivity index (χ3n) is 3.91. The van der Waals surface area contributed by atoms with Crippen LogP contribution in [0.3, 0.4) is 0 Å². The summed E-state index contributed by atoms with van der Waals surface area (Å²) in [6.45, 7) is -0.0482.